The molecule has 0 saturated carbocycles. The SMILES string of the molecule is O=C(O)c1cccc(-c2cn3c(n2)CCC(O)C3)c1. The summed E-state index contributed by atoms with van der Waals surface area (Å²) in [5.74, 6) is 0.00210. The van der Waals surface area contributed by atoms with E-state index in [9.17, 15) is 9.90 Å². The maximum absolute atomic E-state index is 11.0. The molecule has 0 spiro atoms. The smallest absolute Gasteiger partial charge is 0.335 e. The zero-order valence-corrected chi connectivity index (χ0v) is 10.3. The van der Waals surface area contributed by atoms with E-state index in [0.29, 0.717) is 6.54 Å². The zero-order valence-electron chi connectivity index (χ0n) is 10.3. The molecule has 1 aliphatic heterocycles. The van der Waals surface area contributed by atoms with E-state index in [2.05, 4.69) is 4.98 Å². The van der Waals surface area contributed by atoms with E-state index >= 15 is 0 Å². The highest BCUT2D eigenvalue weighted by Crippen LogP contribution is 2.23. The molecule has 1 aromatic carbocycles. The van der Waals surface area contributed by atoms with Crippen molar-refractivity contribution in [2.45, 2.75) is 25.5 Å². The number of fused-ring (bicyclic) bond motifs is 1. The lowest BCUT2D eigenvalue weighted by atomic mass is 10.1. The average Bonchev–Trinajstić information content (AvgIpc) is 2.81. The average molecular weight is 258 g/mol. The molecule has 5 nitrogen and oxygen atoms in total. The van der Waals surface area contributed by atoms with E-state index < -0.39 is 5.97 Å². The Morgan fingerprint density at radius 1 is 1.42 bits per heavy atom. The Morgan fingerprint density at radius 3 is 3.05 bits per heavy atom. The second kappa shape index (κ2) is 4.51. The highest BCUT2D eigenvalue weighted by molar-refractivity contribution is 5.89. The minimum atomic E-state index is -0.943. The minimum Gasteiger partial charge on any atom is -0.478 e. The van der Waals surface area contributed by atoms with Crippen molar-refractivity contribution in [1.82, 2.24) is 9.55 Å². The second-order valence-electron chi connectivity index (χ2n) is 4.77. The lowest BCUT2D eigenvalue weighted by Gasteiger charge is -2.18. The quantitative estimate of drug-likeness (QED) is 0.857. The van der Waals surface area contributed by atoms with Gasteiger partial charge in [0, 0.05) is 24.7 Å². The maximum atomic E-state index is 11.0. The van der Waals surface area contributed by atoms with Crippen molar-refractivity contribution in [2.24, 2.45) is 0 Å². The third kappa shape index (κ3) is 2.24. The summed E-state index contributed by atoms with van der Waals surface area (Å²) in [7, 11) is 0. The molecule has 0 amide bonds. The summed E-state index contributed by atoms with van der Waals surface area (Å²) in [6.07, 6.45) is 3.03. The van der Waals surface area contributed by atoms with Crippen molar-refractivity contribution in [3.8, 4) is 11.3 Å². The van der Waals surface area contributed by atoms with Crippen LogP contribution in [0.5, 0.6) is 0 Å². The van der Waals surface area contributed by atoms with Gasteiger partial charge in [-0.15, -0.1) is 0 Å². The molecule has 1 aromatic heterocycles. The fourth-order valence-corrected chi connectivity index (χ4v) is 2.38. The van der Waals surface area contributed by atoms with Gasteiger partial charge in [0.2, 0.25) is 0 Å². The monoisotopic (exact) mass is 258 g/mol. The molecular weight excluding hydrogens is 244 g/mol. The van der Waals surface area contributed by atoms with Crippen molar-refractivity contribution in [1.29, 1.82) is 0 Å². The molecule has 1 aliphatic rings. The summed E-state index contributed by atoms with van der Waals surface area (Å²) in [6.45, 7) is 0.557. The first kappa shape index (κ1) is 11.9. The zero-order chi connectivity index (χ0) is 13.4. The van der Waals surface area contributed by atoms with E-state index in [-0.39, 0.29) is 11.7 Å². The Balaban J connectivity index is 1.99. The molecule has 5 heteroatoms. The van der Waals surface area contributed by atoms with Crippen LogP contribution in [0.1, 0.15) is 22.6 Å². The van der Waals surface area contributed by atoms with Crippen LogP contribution in [0.15, 0.2) is 30.5 Å². The van der Waals surface area contributed by atoms with Gasteiger partial charge in [-0.25, -0.2) is 9.78 Å². The van der Waals surface area contributed by atoms with Gasteiger partial charge in [-0.2, -0.15) is 0 Å². The van der Waals surface area contributed by atoms with Crippen LogP contribution in [0.3, 0.4) is 0 Å². The number of aliphatic hydroxyl groups is 1. The third-order valence-electron chi connectivity index (χ3n) is 3.37. The number of hydrogen-bond acceptors (Lipinski definition) is 3. The van der Waals surface area contributed by atoms with Crippen molar-refractivity contribution in [3.05, 3.63) is 41.9 Å². The molecule has 0 saturated heterocycles. The lowest BCUT2D eigenvalue weighted by molar-refractivity contribution is 0.0697. The number of aliphatic hydroxyl groups excluding tert-OH is 1. The van der Waals surface area contributed by atoms with E-state index in [4.69, 9.17) is 5.11 Å². The fourth-order valence-electron chi connectivity index (χ4n) is 2.38. The predicted molar refractivity (Wildman–Crippen MR) is 69.0 cm³/mol. The van der Waals surface area contributed by atoms with Gasteiger partial charge in [-0.1, -0.05) is 12.1 Å². The third-order valence-corrected chi connectivity index (χ3v) is 3.37. The Bertz CT molecular complexity index is 633. The molecule has 1 unspecified atom stereocenters. The number of hydrogen-bond donors (Lipinski definition) is 2. The number of carbonyl (C=O) groups is 1. The maximum Gasteiger partial charge on any atom is 0.335 e. The first-order valence-electron chi connectivity index (χ1n) is 6.21. The van der Waals surface area contributed by atoms with E-state index in [1.54, 1.807) is 18.2 Å². The summed E-state index contributed by atoms with van der Waals surface area (Å²) in [5.41, 5.74) is 1.80. The van der Waals surface area contributed by atoms with Crippen LogP contribution in [0.25, 0.3) is 11.3 Å². The second-order valence-corrected chi connectivity index (χ2v) is 4.77. The van der Waals surface area contributed by atoms with E-state index in [0.717, 1.165) is 29.9 Å². The molecule has 0 radical (unpaired) electrons. The molecule has 19 heavy (non-hydrogen) atoms. The molecule has 2 heterocycles. The number of nitrogens with zero attached hydrogens (tertiary/aromatic N) is 2. The van der Waals surface area contributed by atoms with Gasteiger partial charge in [0.25, 0.3) is 0 Å². The summed E-state index contributed by atoms with van der Waals surface area (Å²) < 4.78 is 1.94. The first-order chi connectivity index (χ1) is 9.13. The van der Waals surface area contributed by atoms with Crippen LogP contribution >= 0.6 is 0 Å². The highest BCUT2D eigenvalue weighted by atomic mass is 16.4. The van der Waals surface area contributed by atoms with Gasteiger partial charge in [0.05, 0.1) is 17.4 Å². The molecule has 0 fully saturated rings. The Labute approximate surface area is 110 Å². The molecule has 0 bridgehead atoms. The van der Waals surface area contributed by atoms with Crippen LogP contribution in [-0.4, -0.2) is 31.8 Å². The van der Waals surface area contributed by atoms with Crippen LogP contribution in [0.2, 0.25) is 0 Å². The van der Waals surface area contributed by atoms with E-state index in [1.165, 1.54) is 0 Å². The molecule has 1 atom stereocenters. The molecule has 2 N–H and O–H groups in total. The number of aryl methyl sites for hydroxylation is 1. The van der Waals surface area contributed by atoms with Crippen molar-refractivity contribution in [3.63, 3.8) is 0 Å². The molecule has 98 valence electrons. The van der Waals surface area contributed by atoms with Gasteiger partial charge >= 0.3 is 5.97 Å². The standard InChI is InChI=1S/C14H14N2O3/c17-11-4-5-13-15-12(8-16(13)7-11)9-2-1-3-10(6-9)14(18)19/h1-3,6,8,11,17H,4-5,7H2,(H,18,19). The number of rotatable bonds is 2. The highest BCUT2D eigenvalue weighted by Gasteiger charge is 2.19. The summed E-state index contributed by atoms with van der Waals surface area (Å²) in [4.78, 5) is 15.5. The van der Waals surface area contributed by atoms with Gasteiger partial charge in [0.1, 0.15) is 5.82 Å². The number of imidazole rings is 1. The topological polar surface area (TPSA) is 75.3 Å². The number of aromatic carboxylic acids is 1. The van der Waals surface area contributed by atoms with Crippen LogP contribution < -0.4 is 0 Å². The predicted octanol–water partition coefficient (Wildman–Crippen LogP) is 1.56. The van der Waals surface area contributed by atoms with Crippen LogP contribution in [0, 0.1) is 0 Å². The lowest BCUT2D eigenvalue weighted by Crippen LogP contribution is -2.23. The van der Waals surface area contributed by atoms with Crippen molar-refractivity contribution in [2.75, 3.05) is 0 Å². The van der Waals surface area contributed by atoms with Gasteiger partial charge in [-0.3, -0.25) is 0 Å². The summed E-state index contributed by atoms with van der Waals surface area (Å²) >= 11 is 0. The summed E-state index contributed by atoms with van der Waals surface area (Å²) in [6, 6.07) is 6.74. The van der Waals surface area contributed by atoms with E-state index in [1.807, 2.05) is 16.8 Å². The Kier molecular flexibility index (Phi) is 2.83. The van der Waals surface area contributed by atoms with Crippen molar-refractivity contribution >= 4 is 5.97 Å². The number of aromatic nitrogens is 2. The largest absolute Gasteiger partial charge is 0.478 e. The summed E-state index contributed by atoms with van der Waals surface area (Å²) in [5, 5.41) is 18.6. The number of carboxylic acid groups (broad SMARTS) is 1. The Hall–Kier alpha value is -2.14. The fraction of sp³-hybridized carbons (Fsp3) is 0.286. The van der Waals surface area contributed by atoms with Crippen LogP contribution in [-0.2, 0) is 13.0 Å². The number of benzene rings is 1. The first-order valence-corrected chi connectivity index (χ1v) is 6.21. The van der Waals surface area contributed by atoms with Crippen molar-refractivity contribution < 1.29 is 15.0 Å². The molecule has 2 aromatic rings. The molecule has 3 rings (SSSR count). The number of carboxylic acids is 1. The Morgan fingerprint density at radius 2 is 2.26 bits per heavy atom. The normalized spacial score (nSPS) is 18.1. The van der Waals surface area contributed by atoms with Gasteiger partial charge in [0.15, 0.2) is 0 Å². The van der Waals surface area contributed by atoms with Gasteiger partial charge in [-0.05, 0) is 18.6 Å². The minimum absolute atomic E-state index is 0.253. The molecular formula is C14H14N2O3. The van der Waals surface area contributed by atoms with Crippen LogP contribution in [0.4, 0.5) is 0 Å². The molecule has 0 aliphatic carbocycles. The van der Waals surface area contributed by atoms with Gasteiger partial charge < -0.3 is 14.8 Å².